The average molecular weight is 172 g/mol. The minimum Gasteiger partial charge on any atom is -0.295 e. The smallest absolute Gasteiger partial charge is 0.155 e. The van der Waals surface area contributed by atoms with Crippen LogP contribution < -0.4 is 0 Å². The van der Waals surface area contributed by atoms with E-state index in [-0.39, 0.29) is 20.6 Å². The van der Waals surface area contributed by atoms with Crippen LogP contribution in [0.25, 0.3) is 0 Å². The molecule has 12 heavy (non-hydrogen) atoms. The largest absolute Gasteiger partial charge is 0.295 e. The normalized spacial score (nSPS) is 7.75. The Morgan fingerprint density at radius 1 is 1.25 bits per heavy atom. The highest BCUT2D eigenvalue weighted by Crippen LogP contribution is 2.02. The zero-order chi connectivity index (χ0) is 7.82. The van der Waals surface area contributed by atoms with Crippen LogP contribution in [0.5, 0.6) is 0 Å². The maximum Gasteiger partial charge on any atom is 0.155 e. The van der Waals surface area contributed by atoms with E-state index < -0.39 is 0 Å². The third kappa shape index (κ3) is 12.1. The van der Waals surface area contributed by atoms with Crippen LogP contribution in [0.3, 0.4) is 0 Å². The molecule has 0 unspecified atom stereocenters. The van der Waals surface area contributed by atoms with E-state index in [9.17, 15) is 4.79 Å². The lowest BCUT2D eigenvalue weighted by Gasteiger charge is -1.94. The van der Waals surface area contributed by atoms with Gasteiger partial charge >= 0.3 is 0 Å². The first-order valence-electron chi connectivity index (χ1n) is 3.96. The Bertz CT molecular complexity index is 106. The Balaban J connectivity index is -0.000000405. The Hall–Kier alpha value is -0.590. The number of rotatable bonds is 6. The fraction of sp³-hybridized carbons (Fsp3) is 0.727. The van der Waals surface area contributed by atoms with Gasteiger partial charge in [-0.1, -0.05) is 47.6 Å². The lowest BCUT2D eigenvalue weighted by molar-refractivity contribution is -0.114. The first kappa shape index (κ1) is 17.5. The second-order valence-electron chi connectivity index (χ2n) is 2.48. The number of hydrogen-bond acceptors (Lipinski definition) is 1. The Morgan fingerprint density at radius 2 is 1.83 bits per heavy atom. The van der Waals surface area contributed by atoms with E-state index in [0.29, 0.717) is 6.42 Å². The molecule has 74 valence electrons. The predicted octanol–water partition coefficient (Wildman–Crippen LogP) is 3.98. The predicted molar refractivity (Wildman–Crippen MR) is 57.4 cm³/mol. The molecule has 0 rings (SSSR count). The molecule has 0 aliphatic heterocycles. The van der Waals surface area contributed by atoms with E-state index in [1.54, 1.807) is 0 Å². The standard InChI is InChI=1S/C9H16O.2CH4/c1-3-5-6-7-8-9(10)4-2;;/h4H,2-3,5-8H2,1H3;2*1H4. The third-order valence-electron chi connectivity index (χ3n) is 1.50. The van der Waals surface area contributed by atoms with E-state index in [1.807, 2.05) is 0 Å². The highest BCUT2D eigenvalue weighted by Gasteiger charge is 1.93. The van der Waals surface area contributed by atoms with Crippen LogP contribution in [0.1, 0.15) is 53.9 Å². The van der Waals surface area contributed by atoms with Crippen LogP contribution in [0.4, 0.5) is 0 Å². The molecule has 0 amide bonds. The molecular formula is C11H24O. The summed E-state index contributed by atoms with van der Waals surface area (Å²) in [5.74, 6) is 0.177. The van der Waals surface area contributed by atoms with Crippen LogP contribution >= 0.6 is 0 Å². The highest BCUT2D eigenvalue weighted by molar-refractivity contribution is 5.88. The van der Waals surface area contributed by atoms with Gasteiger partial charge in [-0.25, -0.2) is 0 Å². The van der Waals surface area contributed by atoms with Crippen molar-refractivity contribution in [2.24, 2.45) is 0 Å². The second-order valence-corrected chi connectivity index (χ2v) is 2.48. The molecule has 0 saturated heterocycles. The molecule has 0 aromatic rings. The Kier molecular flexibility index (Phi) is 19.0. The summed E-state index contributed by atoms with van der Waals surface area (Å²) >= 11 is 0. The van der Waals surface area contributed by atoms with Gasteiger partial charge in [-0.05, 0) is 12.5 Å². The van der Waals surface area contributed by atoms with Crippen molar-refractivity contribution in [1.29, 1.82) is 0 Å². The van der Waals surface area contributed by atoms with E-state index in [1.165, 1.54) is 25.3 Å². The molecule has 0 aromatic carbocycles. The molecule has 1 heteroatoms. The van der Waals surface area contributed by atoms with Gasteiger partial charge in [-0.2, -0.15) is 0 Å². The molecule has 1 nitrogen and oxygen atoms in total. The van der Waals surface area contributed by atoms with Gasteiger partial charge in [0.05, 0.1) is 0 Å². The fourth-order valence-corrected chi connectivity index (χ4v) is 0.828. The van der Waals surface area contributed by atoms with Crippen molar-refractivity contribution in [2.45, 2.75) is 53.9 Å². The first-order valence-corrected chi connectivity index (χ1v) is 3.96. The van der Waals surface area contributed by atoms with Crippen LogP contribution in [-0.2, 0) is 4.79 Å². The van der Waals surface area contributed by atoms with E-state index in [2.05, 4.69) is 13.5 Å². The molecule has 0 radical (unpaired) electrons. The summed E-state index contributed by atoms with van der Waals surface area (Å²) in [6, 6.07) is 0. The Labute approximate surface area is 77.9 Å². The summed E-state index contributed by atoms with van der Waals surface area (Å²) in [6.45, 7) is 5.57. The van der Waals surface area contributed by atoms with Crippen LogP contribution in [0.2, 0.25) is 0 Å². The van der Waals surface area contributed by atoms with Crippen molar-refractivity contribution in [3.05, 3.63) is 12.7 Å². The van der Waals surface area contributed by atoms with Gasteiger partial charge in [0.2, 0.25) is 0 Å². The summed E-state index contributed by atoms with van der Waals surface area (Å²) in [6.07, 6.45) is 6.76. The summed E-state index contributed by atoms with van der Waals surface area (Å²) in [5, 5.41) is 0. The minimum absolute atomic E-state index is 0. The summed E-state index contributed by atoms with van der Waals surface area (Å²) < 4.78 is 0. The van der Waals surface area contributed by atoms with Crippen LogP contribution in [-0.4, -0.2) is 5.78 Å². The van der Waals surface area contributed by atoms with Crippen LogP contribution in [0.15, 0.2) is 12.7 Å². The van der Waals surface area contributed by atoms with Gasteiger partial charge in [0.15, 0.2) is 5.78 Å². The number of ketones is 1. The van der Waals surface area contributed by atoms with E-state index in [4.69, 9.17) is 0 Å². The molecule has 0 saturated carbocycles. The van der Waals surface area contributed by atoms with Crippen molar-refractivity contribution in [3.8, 4) is 0 Å². The van der Waals surface area contributed by atoms with Crippen molar-refractivity contribution in [2.75, 3.05) is 0 Å². The summed E-state index contributed by atoms with van der Waals surface area (Å²) in [4.78, 5) is 10.7. The molecule has 0 aromatic heterocycles. The van der Waals surface area contributed by atoms with Gasteiger partial charge in [0, 0.05) is 6.42 Å². The minimum atomic E-state index is 0. The lowest BCUT2D eigenvalue weighted by Crippen LogP contribution is -1.90. The molecule has 0 fully saturated rings. The monoisotopic (exact) mass is 172 g/mol. The quantitative estimate of drug-likeness (QED) is 0.437. The van der Waals surface area contributed by atoms with Crippen molar-refractivity contribution in [1.82, 2.24) is 0 Å². The summed E-state index contributed by atoms with van der Waals surface area (Å²) in [5.41, 5.74) is 0. The van der Waals surface area contributed by atoms with Gasteiger partial charge in [-0.3, -0.25) is 4.79 Å². The van der Waals surface area contributed by atoms with E-state index in [0.717, 1.165) is 6.42 Å². The molecule has 0 bridgehead atoms. The topological polar surface area (TPSA) is 17.1 Å². The van der Waals surface area contributed by atoms with E-state index >= 15 is 0 Å². The maximum atomic E-state index is 10.7. The number of carbonyl (C=O) groups excluding carboxylic acids is 1. The molecule has 0 atom stereocenters. The molecular weight excluding hydrogens is 148 g/mol. The maximum absolute atomic E-state index is 10.7. The molecule has 0 heterocycles. The summed E-state index contributed by atoms with van der Waals surface area (Å²) in [7, 11) is 0. The first-order chi connectivity index (χ1) is 4.81. The lowest BCUT2D eigenvalue weighted by atomic mass is 10.1. The Morgan fingerprint density at radius 3 is 2.25 bits per heavy atom. The number of carbonyl (C=O) groups is 1. The van der Waals surface area contributed by atoms with Gasteiger partial charge in [0.25, 0.3) is 0 Å². The van der Waals surface area contributed by atoms with Gasteiger partial charge < -0.3 is 0 Å². The van der Waals surface area contributed by atoms with Crippen molar-refractivity contribution >= 4 is 5.78 Å². The average Bonchev–Trinajstić information content (AvgIpc) is 1.98. The second kappa shape index (κ2) is 13.0. The highest BCUT2D eigenvalue weighted by atomic mass is 16.1. The number of unbranched alkanes of at least 4 members (excludes halogenated alkanes) is 3. The van der Waals surface area contributed by atoms with Gasteiger partial charge in [0.1, 0.15) is 0 Å². The fourth-order valence-electron chi connectivity index (χ4n) is 0.828. The molecule has 0 aliphatic rings. The SMILES string of the molecule is C.C.C=CC(=O)CCCCCC. The van der Waals surface area contributed by atoms with Gasteiger partial charge in [-0.15, -0.1) is 0 Å². The number of hydrogen-bond donors (Lipinski definition) is 0. The van der Waals surface area contributed by atoms with Crippen molar-refractivity contribution < 1.29 is 4.79 Å². The molecule has 0 spiro atoms. The molecule has 0 aliphatic carbocycles. The van der Waals surface area contributed by atoms with Crippen molar-refractivity contribution in [3.63, 3.8) is 0 Å². The third-order valence-corrected chi connectivity index (χ3v) is 1.50. The van der Waals surface area contributed by atoms with Crippen LogP contribution in [0, 0.1) is 0 Å². The molecule has 0 N–H and O–H groups in total. The zero-order valence-electron chi connectivity index (χ0n) is 6.73. The zero-order valence-corrected chi connectivity index (χ0v) is 6.73. The number of allylic oxidation sites excluding steroid dienone is 1.